The Balaban J connectivity index is 1.39. The first kappa shape index (κ1) is 18.5. The highest BCUT2D eigenvalue weighted by molar-refractivity contribution is 5.89. The second kappa shape index (κ2) is 7.07. The van der Waals surface area contributed by atoms with Gasteiger partial charge in [0.1, 0.15) is 17.1 Å². The van der Waals surface area contributed by atoms with Gasteiger partial charge in [0.25, 0.3) is 0 Å². The molecule has 0 unspecified atom stereocenters. The van der Waals surface area contributed by atoms with E-state index in [-0.39, 0.29) is 19.2 Å². The number of hydrogen-bond donors (Lipinski definition) is 2. The molecule has 1 atom stereocenters. The van der Waals surface area contributed by atoms with E-state index >= 15 is 0 Å². The van der Waals surface area contributed by atoms with Crippen molar-refractivity contribution in [3.8, 4) is 23.0 Å². The van der Waals surface area contributed by atoms with Crippen molar-refractivity contribution in [2.24, 2.45) is 0 Å². The third-order valence-corrected chi connectivity index (χ3v) is 5.54. The maximum absolute atomic E-state index is 13.3. The lowest BCUT2D eigenvalue weighted by Crippen LogP contribution is -2.41. The van der Waals surface area contributed by atoms with Crippen LogP contribution in [0.5, 0.6) is 23.0 Å². The van der Waals surface area contributed by atoms with Gasteiger partial charge >= 0.3 is 0 Å². The van der Waals surface area contributed by atoms with Gasteiger partial charge in [0.2, 0.25) is 12.7 Å². The summed E-state index contributed by atoms with van der Waals surface area (Å²) in [5.74, 6) is 1.86. The number of nitrogens with one attached hydrogen (secondary N) is 1. The lowest BCUT2D eigenvalue weighted by Gasteiger charge is -2.29. The Morgan fingerprint density at radius 3 is 2.30 bits per heavy atom. The van der Waals surface area contributed by atoms with Crippen molar-refractivity contribution in [1.82, 2.24) is 5.32 Å². The van der Waals surface area contributed by atoms with E-state index in [0.717, 1.165) is 11.1 Å². The maximum atomic E-state index is 13.3. The zero-order valence-electron chi connectivity index (χ0n) is 16.4. The summed E-state index contributed by atoms with van der Waals surface area (Å²) in [6, 6.07) is 20.3. The van der Waals surface area contributed by atoms with Crippen LogP contribution in [0.3, 0.4) is 0 Å². The summed E-state index contributed by atoms with van der Waals surface area (Å²) in [6.45, 7) is 1.88. The van der Waals surface area contributed by atoms with E-state index in [1.165, 1.54) is 0 Å². The first-order chi connectivity index (χ1) is 14.5. The number of fused-ring (bicyclic) bond motifs is 3. The van der Waals surface area contributed by atoms with Gasteiger partial charge in [-0.2, -0.15) is 0 Å². The molecular weight excluding hydrogens is 382 g/mol. The van der Waals surface area contributed by atoms with E-state index in [0.29, 0.717) is 28.6 Å². The van der Waals surface area contributed by atoms with Crippen LogP contribution in [0.1, 0.15) is 29.5 Å². The first-order valence-corrected chi connectivity index (χ1v) is 9.79. The average Bonchev–Trinajstić information content (AvgIpc) is 3.24. The fraction of sp³-hybridized carbons (Fsp3) is 0.208. The van der Waals surface area contributed by atoms with E-state index in [9.17, 15) is 9.90 Å². The molecule has 0 saturated carbocycles. The van der Waals surface area contributed by atoms with Crippen LogP contribution < -0.4 is 19.5 Å². The van der Waals surface area contributed by atoms with Gasteiger partial charge in [0.15, 0.2) is 11.5 Å². The number of benzene rings is 3. The van der Waals surface area contributed by atoms with Gasteiger partial charge in [-0.1, -0.05) is 42.5 Å². The number of rotatable bonds is 4. The normalized spacial score (nSPS) is 16.1. The molecule has 1 amide bonds. The van der Waals surface area contributed by atoms with Gasteiger partial charge in [-0.3, -0.25) is 4.79 Å². The smallest absolute Gasteiger partial charge is 0.232 e. The topological polar surface area (TPSA) is 77.0 Å². The molecule has 2 aliphatic heterocycles. The van der Waals surface area contributed by atoms with Crippen LogP contribution in [0, 0.1) is 0 Å². The van der Waals surface area contributed by atoms with Gasteiger partial charge in [-0.25, -0.2) is 0 Å². The molecule has 3 aromatic carbocycles. The van der Waals surface area contributed by atoms with E-state index < -0.39 is 11.5 Å². The molecule has 5 rings (SSSR count). The van der Waals surface area contributed by atoms with Gasteiger partial charge < -0.3 is 24.6 Å². The minimum absolute atomic E-state index is 0.0488. The van der Waals surface area contributed by atoms with Crippen molar-refractivity contribution < 1.29 is 24.1 Å². The predicted octanol–water partition coefficient (Wildman–Crippen LogP) is 3.68. The molecule has 2 N–H and O–H groups in total. The van der Waals surface area contributed by atoms with Crippen LogP contribution in [0.2, 0.25) is 0 Å². The van der Waals surface area contributed by atoms with E-state index in [1.807, 2.05) is 48.5 Å². The zero-order chi connectivity index (χ0) is 20.7. The largest absolute Gasteiger partial charge is 0.457 e. The Morgan fingerprint density at radius 1 is 0.967 bits per heavy atom. The second-order valence-electron chi connectivity index (χ2n) is 7.67. The van der Waals surface area contributed by atoms with E-state index in [2.05, 4.69) is 5.32 Å². The van der Waals surface area contributed by atoms with Crippen LogP contribution in [-0.2, 0) is 10.4 Å². The molecule has 0 radical (unpaired) electrons. The monoisotopic (exact) mass is 403 g/mol. The Morgan fingerprint density at radius 2 is 1.60 bits per heavy atom. The molecule has 2 heterocycles. The fourth-order valence-corrected chi connectivity index (χ4v) is 3.89. The van der Waals surface area contributed by atoms with Crippen molar-refractivity contribution in [3.63, 3.8) is 0 Å². The summed E-state index contributed by atoms with van der Waals surface area (Å²) in [6.07, 6.45) is 0. The SMILES string of the molecule is C[C@@](O)(CNC(=O)C1c2ccccc2Oc2ccccc21)c1ccc2c(c1)OCO2. The number of aliphatic hydroxyl groups is 1. The van der Waals surface area contributed by atoms with Gasteiger partial charge in [0, 0.05) is 11.1 Å². The summed E-state index contributed by atoms with van der Waals surface area (Å²) < 4.78 is 16.7. The molecule has 30 heavy (non-hydrogen) atoms. The van der Waals surface area contributed by atoms with Crippen LogP contribution in [0.15, 0.2) is 66.7 Å². The Hall–Kier alpha value is -3.51. The minimum atomic E-state index is -1.28. The van der Waals surface area contributed by atoms with Crippen molar-refractivity contribution in [2.75, 3.05) is 13.3 Å². The lowest BCUT2D eigenvalue weighted by atomic mass is 9.87. The third-order valence-electron chi connectivity index (χ3n) is 5.54. The molecule has 152 valence electrons. The van der Waals surface area contributed by atoms with Gasteiger partial charge in [-0.15, -0.1) is 0 Å². The van der Waals surface area contributed by atoms with Gasteiger partial charge in [0.05, 0.1) is 12.5 Å². The number of para-hydroxylation sites is 2. The highest BCUT2D eigenvalue weighted by Gasteiger charge is 2.34. The van der Waals surface area contributed by atoms with Crippen molar-refractivity contribution in [1.29, 1.82) is 0 Å². The highest BCUT2D eigenvalue weighted by Crippen LogP contribution is 2.44. The number of carbonyl (C=O) groups is 1. The van der Waals surface area contributed by atoms with Crippen LogP contribution in [0.25, 0.3) is 0 Å². The molecule has 6 nitrogen and oxygen atoms in total. The predicted molar refractivity (Wildman–Crippen MR) is 110 cm³/mol. The molecule has 0 bridgehead atoms. The molecule has 0 aromatic heterocycles. The number of hydrogen-bond acceptors (Lipinski definition) is 5. The third kappa shape index (κ3) is 3.15. The zero-order valence-corrected chi connectivity index (χ0v) is 16.4. The molecular formula is C24H21NO5. The summed E-state index contributed by atoms with van der Waals surface area (Å²) in [5.41, 5.74) is 0.966. The maximum Gasteiger partial charge on any atom is 0.232 e. The second-order valence-corrected chi connectivity index (χ2v) is 7.67. The van der Waals surface area contributed by atoms with E-state index in [1.54, 1.807) is 25.1 Å². The lowest BCUT2D eigenvalue weighted by molar-refractivity contribution is -0.123. The molecule has 2 aliphatic rings. The van der Waals surface area contributed by atoms with Gasteiger partial charge in [-0.05, 0) is 36.8 Å². The summed E-state index contributed by atoms with van der Waals surface area (Å²) in [7, 11) is 0. The van der Waals surface area contributed by atoms with Crippen LogP contribution in [-0.4, -0.2) is 24.4 Å². The molecule has 0 fully saturated rings. The van der Waals surface area contributed by atoms with Crippen LogP contribution in [0.4, 0.5) is 0 Å². The standard InChI is InChI=1S/C24H21NO5/c1-24(27,15-10-11-20-21(12-15)29-14-28-20)13-25-23(26)22-16-6-2-4-8-18(16)30-19-9-5-3-7-17(19)22/h2-12,22,27H,13-14H2,1H3,(H,25,26)/t24-/m1/s1. The van der Waals surface area contributed by atoms with Crippen molar-refractivity contribution >= 4 is 5.91 Å². The Kier molecular flexibility index (Phi) is 4.37. The number of carbonyl (C=O) groups excluding carboxylic acids is 1. The molecule has 6 heteroatoms. The average molecular weight is 403 g/mol. The quantitative estimate of drug-likeness (QED) is 0.695. The van der Waals surface area contributed by atoms with Crippen LogP contribution >= 0.6 is 0 Å². The summed E-state index contributed by atoms with van der Waals surface area (Å²) >= 11 is 0. The van der Waals surface area contributed by atoms with Crippen molar-refractivity contribution in [2.45, 2.75) is 18.4 Å². The van der Waals surface area contributed by atoms with E-state index in [4.69, 9.17) is 14.2 Å². The first-order valence-electron chi connectivity index (χ1n) is 9.79. The minimum Gasteiger partial charge on any atom is -0.457 e. The Labute approximate surface area is 174 Å². The summed E-state index contributed by atoms with van der Waals surface area (Å²) in [5, 5.41) is 13.9. The highest BCUT2D eigenvalue weighted by atomic mass is 16.7. The molecule has 0 aliphatic carbocycles. The fourth-order valence-electron chi connectivity index (χ4n) is 3.89. The molecule has 0 spiro atoms. The number of amides is 1. The summed E-state index contributed by atoms with van der Waals surface area (Å²) in [4.78, 5) is 13.3. The molecule has 3 aromatic rings. The molecule has 0 saturated heterocycles. The Bertz CT molecular complexity index is 1080. The number of ether oxygens (including phenoxy) is 3. The van der Waals surface area contributed by atoms with Crippen molar-refractivity contribution in [3.05, 3.63) is 83.4 Å².